The van der Waals surface area contributed by atoms with Crippen LogP contribution in [0.3, 0.4) is 0 Å². The van der Waals surface area contributed by atoms with Crippen molar-refractivity contribution in [2.45, 2.75) is 65.6 Å². The fraction of sp³-hybridized carbons (Fsp3) is 0.520. The zero-order valence-electron chi connectivity index (χ0n) is 22.4. The molecule has 2 aromatic rings. The number of amides is 4. The van der Waals surface area contributed by atoms with Crippen molar-refractivity contribution >= 4 is 35.3 Å². The number of hydrogen-bond donors (Lipinski definition) is 5. The van der Waals surface area contributed by atoms with Gasteiger partial charge in [0.1, 0.15) is 12.1 Å². The van der Waals surface area contributed by atoms with Gasteiger partial charge in [-0.1, -0.05) is 57.5 Å². The molecule has 14 heteroatoms. The van der Waals surface area contributed by atoms with Crippen LogP contribution in [0.2, 0.25) is 0 Å². The van der Waals surface area contributed by atoms with E-state index in [9.17, 15) is 24.0 Å². The fourth-order valence-corrected chi connectivity index (χ4v) is 4.30. The Bertz CT molecular complexity index is 1210. The monoisotopic (exact) mass is 542 g/mol. The van der Waals surface area contributed by atoms with Crippen LogP contribution in [0, 0.1) is 11.3 Å². The van der Waals surface area contributed by atoms with Crippen molar-refractivity contribution in [2.75, 3.05) is 11.4 Å². The van der Waals surface area contributed by atoms with Crippen molar-refractivity contribution < 1.29 is 29.1 Å². The Kier molecular flexibility index (Phi) is 9.33. The van der Waals surface area contributed by atoms with E-state index in [4.69, 9.17) is 5.11 Å². The van der Waals surface area contributed by atoms with E-state index in [2.05, 4.69) is 36.6 Å². The van der Waals surface area contributed by atoms with Gasteiger partial charge in [0.25, 0.3) is 0 Å². The molecule has 1 aliphatic heterocycles. The number of carboxylic acid groups (broad SMARTS) is 1. The first-order chi connectivity index (χ1) is 18.4. The number of tetrazole rings is 1. The number of fused-ring (bicyclic) bond motifs is 1. The first kappa shape index (κ1) is 29.2. The van der Waals surface area contributed by atoms with Crippen LogP contribution in [0.1, 0.15) is 51.9 Å². The highest BCUT2D eigenvalue weighted by molar-refractivity contribution is 6.05. The molecule has 14 nitrogen and oxygen atoms in total. The van der Waals surface area contributed by atoms with Crippen LogP contribution in [0.15, 0.2) is 24.3 Å². The van der Waals surface area contributed by atoms with E-state index in [0.29, 0.717) is 12.1 Å². The Balaban J connectivity index is 1.70. The van der Waals surface area contributed by atoms with Crippen LogP contribution >= 0.6 is 0 Å². The summed E-state index contributed by atoms with van der Waals surface area (Å²) in [5, 5.41) is 30.4. The van der Waals surface area contributed by atoms with Gasteiger partial charge in [0.15, 0.2) is 5.82 Å². The lowest BCUT2D eigenvalue weighted by molar-refractivity contribution is -0.145. The first-order valence-corrected chi connectivity index (χ1v) is 12.6. The molecule has 0 bridgehead atoms. The second-order valence-corrected chi connectivity index (χ2v) is 10.2. The van der Waals surface area contributed by atoms with E-state index in [0.717, 1.165) is 5.56 Å². The van der Waals surface area contributed by atoms with Crippen LogP contribution in [0.25, 0.3) is 0 Å². The average Bonchev–Trinajstić information content (AvgIpc) is 3.55. The zero-order chi connectivity index (χ0) is 28.7. The summed E-state index contributed by atoms with van der Waals surface area (Å²) >= 11 is 0. The number of nitrogens with zero attached hydrogens (tertiary/aromatic N) is 4. The number of aromatic nitrogens is 4. The maximum atomic E-state index is 13.4. The van der Waals surface area contributed by atoms with Gasteiger partial charge in [-0.25, -0.2) is 0 Å². The molecule has 5 N–H and O–H groups in total. The molecular weight excluding hydrogens is 508 g/mol. The second kappa shape index (κ2) is 12.5. The van der Waals surface area contributed by atoms with E-state index in [1.54, 1.807) is 19.1 Å². The Morgan fingerprint density at radius 3 is 2.54 bits per heavy atom. The maximum absolute atomic E-state index is 13.4. The lowest BCUT2D eigenvalue weighted by Gasteiger charge is -2.29. The quantitative estimate of drug-likeness (QED) is 0.243. The van der Waals surface area contributed by atoms with Crippen LogP contribution in [0.4, 0.5) is 5.69 Å². The van der Waals surface area contributed by atoms with Crippen LogP contribution in [-0.4, -0.2) is 74.0 Å². The molecule has 1 aromatic carbocycles. The summed E-state index contributed by atoms with van der Waals surface area (Å²) < 4.78 is 0. The van der Waals surface area contributed by atoms with Gasteiger partial charge in [-0.15, -0.1) is 10.2 Å². The molecule has 2 heterocycles. The number of carbonyl (C=O) groups excluding carboxylic acids is 4. The predicted octanol–water partition coefficient (Wildman–Crippen LogP) is -0.0782. The zero-order valence-corrected chi connectivity index (χ0v) is 22.4. The van der Waals surface area contributed by atoms with Gasteiger partial charge < -0.3 is 21.1 Å². The second-order valence-electron chi connectivity index (χ2n) is 10.2. The molecule has 39 heavy (non-hydrogen) atoms. The third-order valence-electron chi connectivity index (χ3n) is 6.76. The molecule has 1 aromatic heterocycles. The predicted molar refractivity (Wildman–Crippen MR) is 138 cm³/mol. The lowest BCUT2D eigenvalue weighted by atomic mass is 9.87. The molecule has 210 valence electrons. The van der Waals surface area contributed by atoms with Crippen molar-refractivity contribution in [3.05, 3.63) is 35.7 Å². The maximum Gasteiger partial charge on any atom is 0.304 e. The minimum Gasteiger partial charge on any atom is -0.481 e. The third-order valence-corrected chi connectivity index (χ3v) is 6.76. The van der Waals surface area contributed by atoms with E-state index < -0.39 is 60.1 Å². The molecule has 4 amide bonds. The van der Waals surface area contributed by atoms with E-state index in [-0.39, 0.29) is 24.7 Å². The first-order valence-electron chi connectivity index (χ1n) is 12.6. The van der Waals surface area contributed by atoms with Gasteiger partial charge in [-0.05, 0) is 17.5 Å². The van der Waals surface area contributed by atoms with Crippen molar-refractivity contribution in [1.82, 2.24) is 36.6 Å². The molecule has 3 rings (SSSR count). The molecule has 0 saturated heterocycles. The van der Waals surface area contributed by atoms with Gasteiger partial charge in [0, 0.05) is 12.1 Å². The van der Waals surface area contributed by atoms with E-state index in [1.165, 1.54) is 18.7 Å². The minimum atomic E-state index is -1.24. The highest BCUT2D eigenvalue weighted by Gasteiger charge is 2.39. The highest BCUT2D eigenvalue weighted by atomic mass is 16.4. The van der Waals surface area contributed by atoms with Crippen molar-refractivity contribution in [1.29, 1.82) is 0 Å². The number of hydrogen-bond acceptors (Lipinski definition) is 8. The summed E-state index contributed by atoms with van der Waals surface area (Å²) in [5.74, 6) is -3.22. The molecule has 3 atom stereocenters. The smallest absolute Gasteiger partial charge is 0.304 e. The Hall–Kier alpha value is -4.36. The highest BCUT2D eigenvalue weighted by Crippen LogP contribution is 2.32. The lowest BCUT2D eigenvalue weighted by Crippen LogP contribution is -2.56. The number of nitrogens with one attached hydrogen (secondary N) is 4. The van der Waals surface area contributed by atoms with Gasteiger partial charge in [-0.3, -0.25) is 28.9 Å². The minimum absolute atomic E-state index is 0.0233. The Labute approximate surface area is 225 Å². The summed E-state index contributed by atoms with van der Waals surface area (Å²) in [6, 6.07) is 5.30. The van der Waals surface area contributed by atoms with E-state index >= 15 is 0 Å². The number of aliphatic carboxylic acids is 1. The van der Waals surface area contributed by atoms with Gasteiger partial charge in [0.2, 0.25) is 23.6 Å². The molecule has 0 aliphatic carbocycles. The Morgan fingerprint density at radius 1 is 1.18 bits per heavy atom. The summed E-state index contributed by atoms with van der Waals surface area (Å²) in [7, 11) is 0. The summed E-state index contributed by atoms with van der Waals surface area (Å²) in [6.45, 7) is 6.21. The third kappa shape index (κ3) is 7.15. The van der Waals surface area contributed by atoms with Gasteiger partial charge >= 0.3 is 5.97 Å². The Morgan fingerprint density at radius 2 is 1.90 bits per heavy atom. The van der Waals surface area contributed by atoms with Crippen LogP contribution < -0.4 is 20.9 Å². The number of rotatable bonds is 12. The molecule has 0 saturated carbocycles. The molecule has 0 radical (unpaired) electrons. The number of carbonyl (C=O) groups is 5. The number of aromatic amines is 1. The number of para-hydroxylation sites is 1. The van der Waals surface area contributed by atoms with Gasteiger partial charge in [0.05, 0.1) is 24.9 Å². The van der Waals surface area contributed by atoms with Crippen LogP contribution in [0.5, 0.6) is 0 Å². The van der Waals surface area contributed by atoms with Gasteiger partial charge in [-0.2, -0.15) is 5.21 Å². The molecule has 0 fully saturated rings. The summed E-state index contributed by atoms with van der Waals surface area (Å²) in [4.78, 5) is 64.8. The SMILES string of the molecule is CC[C@H](C)[C@H](NC(=O)C(C)(C)CC(=O)O)C(=O)NCC(=O)N1c2ccccc2C[C@H]1C(=O)NCc1nn[nH]n1. The largest absolute Gasteiger partial charge is 0.481 e. The molecule has 0 spiro atoms. The number of benzene rings is 1. The molecule has 1 aliphatic rings. The van der Waals surface area contributed by atoms with Crippen molar-refractivity contribution in [2.24, 2.45) is 11.3 Å². The van der Waals surface area contributed by atoms with Crippen molar-refractivity contribution in [3.63, 3.8) is 0 Å². The summed E-state index contributed by atoms with van der Waals surface area (Å²) in [5.41, 5.74) is 0.135. The fourth-order valence-electron chi connectivity index (χ4n) is 4.30. The van der Waals surface area contributed by atoms with Crippen LogP contribution in [-0.2, 0) is 36.9 Å². The summed E-state index contributed by atoms with van der Waals surface area (Å²) in [6.07, 6.45) is 0.433. The topological polar surface area (TPSA) is 199 Å². The van der Waals surface area contributed by atoms with E-state index in [1.807, 2.05) is 19.1 Å². The molecule has 0 unspecified atom stereocenters. The normalized spacial score (nSPS) is 16.1. The number of carboxylic acids is 1. The van der Waals surface area contributed by atoms with Crippen molar-refractivity contribution in [3.8, 4) is 0 Å². The number of anilines is 1. The standard InChI is InChI=1S/C25H34N8O6/c1-5-14(2)21(28-24(39)25(3,4)11-20(35)36)23(38)27-13-19(34)33-16-9-7-6-8-15(16)10-17(33)22(37)26-12-18-29-31-32-30-18/h6-9,14,17,21H,5,10-13H2,1-4H3,(H,26,37)(H,27,38)(H,28,39)(H,35,36)(H,29,30,31,32)/t14-,17-,21-/m0/s1. The number of H-pyrrole nitrogens is 1. The molecular formula is C25H34N8O6. The average molecular weight is 543 g/mol.